The third-order valence-electron chi connectivity index (χ3n) is 3.21. The van der Waals surface area contributed by atoms with Gasteiger partial charge in [-0.1, -0.05) is 6.92 Å². The smallest absolute Gasteiger partial charge is 0.241 e. The maximum absolute atomic E-state index is 12.0. The van der Waals surface area contributed by atoms with Gasteiger partial charge >= 0.3 is 0 Å². The highest BCUT2D eigenvalue weighted by Crippen LogP contribution is 2.15. The van der Waals surface area contributed by atoms with Crippen molar-refractivity contribution in [2.24, 2.45) is 5.73 Å². The van der Waals surface area contributed by atoms with Crippen LogP contribution in [0.3, 0.4) is 0 Å². The Kier molecular flexibility index (Phi) is 7.23. The molecule has 2 atom stereocenters. The van der Waals surface area contributed by atoms with Gasteiger partial charge < -0.3 is 20.1 Å². The quantitative estimate of drug-likeness (QED) is 0.764. The number of nitrogens with two attached hydrogens (primary N) is 1. The lowest BCUT2D eigenvalue weighted by molar-refractivity contribution is -0.133. The summed E-state index contributed by atoms with van der Waals surface area (Å²) < 4.78 is 10.7. The lowest BCUT2D eigenvalue weighted by Gasteiger charge is -2.23. The molecule has 1 saturated heterocycles. The first-order valence-electron chi connectivity index (χ1n) is 6.84. The van der Waals surface area contributed by atoms with Crippen LogP contribution < -0.4 is 5.73 Å². The van der Waals surface area contributed by atoms with Gasteiger partial charge in [-0.05, 0) is 25.7 Å². The van der Waals surface area contributed by atoms with E-state index in [4.69, 9.17) is 15.2 Å². The first-order chi connectivity index (χ1) is 8.69. The molecule has 0 radical (unpaired) electrons. The second kappa shape index (κ2) is 8.45. The van der Waals surface area contributed by atoms with E-state index in [-0.39, 0.29) is 12.5 Å². The Bertz CT molecular complexity index is 248. The molecule has 0 aromatic carbocycles. The summed E-state index contributed by atoms with van der Waals surface area (Å²) in [4.78, 5) is 13.9. The summed E-state index contributed by atoms with van der Waals surface area (Å²) in [6, 6.07) is -0.539. The van der Waals surface area contributed by atoms with Crippen LogP contribution in [0, 0.1) is 0 Å². The van der Waals surface area contributed by atoms with E-state index in [0.717, 1.165) is 45.4 Å². The van der Waals surface area contributed by atoms with Crippen LogP contribution in [0.4, 0.5) is 0 Å². The fourth-order valence-electron chi connectivity index (χ4n) is 2.22. The van der Waals surface area contributed by atoms with Crippen LogP contribution in [0.5, 0.6) is 0 Å². The zero-order chi connectivity index (χ0) is 13.4. The van der Waals surface area contributed by atoms with Crippen LogP contribution in [-0.2, 0) is 14.3 Å². The number of carbonyl (C=O) groups is 1. The van der Waals surface area contributed by atoms with E-state index in [1.54, 1.807) is 7.11 Å². The van der Waals surface area contributed by atoms with Crippen molar-refractivity contribution in [3.05, 3.63) is 0 Å². The van der Waals surface area contributed by atoms with E-state index in [9.17, 15) is 4.79 Å². The van der Waals surface area contributed by atoms with E-state index in [1.165, 1.54) is 0 Å². The molecule has 0 bridgehead atoms. The van der Waals surface area contributed by atoms with Crippen molar-refractivity contribution >= 4 is 5.91 Å². The molecule has 0 aliphatic carbocycles. The maximum atomic E-state index is 12.0. The maximum Gasteiger partial charge on any atom is 0.241 e. The van der Waals surface area contributed by atoms with Gasteiger partial charge in [0, 0.05) is 26.8 Å². The lowest BCUT2D eigenvalue weighted by Crippen LogP contribution is -2.46. The summed E-state index contributed by atoms with van der Waals surface area (Å²) in [5, 5.41) is 0. The fraction of sp³-hybridized carbons (Fsp3) is 0.923. The molecule has 0 saturated carbocycles. The average molecular weight is 258 g/mol. The molecule has 1 rings (SSSR count). The normalized spacial score (nSPS) is 22.6. The molecule has 0 aromatic heterocycles. The highest BCUT2D eigenvalue weighted by Gasteiger charge is 2.24. The van der Waals surface area contributed by atoms with Crippen molar-refractivity contribution in [1.82, 2.24) is 4.90 Å². The predicted octanol–water partition coefficient (Wildman–Crippen LogP) is 0.768. The van der Waals surface area contributed by atoms with Crippen molar-refractivity contribution < 1.29 is 14.3 Å². The van der Waals surface area contributed by atoms with Crippen LogP contribution in [0.25, 0.3) is 0 Å². The molecule has 18 heavy (non-hydrogen) atoms. The van der Waals surface area contributed by atoms with Crippen molar-refractivity contribution in [2.75, 3.05) is 33.4 Å². The first kappa shape index (κ1) is 15.4. The highest BCUT2D eigenvalue weighted by molar-refractivity contribution is 5.81. The van der Waals surface area contributed by atoms with Crippen molar-refractivity contribution in [3.63, 3.8) is 0 Å². The summed E-state index contributed by atoms with van der Waals surface area (Å²) in [5.41, 5.74) is 5.78. The number of hydrogen-bond acceptors (Lipinski definition) is 4. The number of likely N-dealkylation sites (tertiary alicyclic amines) is 1. The van der Waals surface area contributed by atoms with Crippen LogP contribution in [0.1, 0.15) is 32.6 Å². The number of rotatable bonds is 6. The van der Waals surface area contributed by atoms with Crippen molar-refractivity contribution in [2.45, 2.75) is 44.8 Å². The third-order valence-corrected chi connectivity index (χ3v) is 3.21. The van der Waals surface area contributed by atoms with Gasteiger partial charge in [0.2, 0.25) is 5.91 Å². The molecule has 0 spiro atoms. The van der Waals surface area contributed by atoms with Gasteiger partial charge in [0.1, 0.15) is 6.04 Å². The number of nitrogens with zero attached hydrogens (tertiary/aromatic N) is 1. The van der Waals surface area contributed by atoms with E-state index < -0.39 is 6.04 Å². The molecule has 1 amide bonds. The van der Waals surface area contributed by atoms with Gasteiger partial charge in [0.25, 0.3) is 0 Å². The Morgan fingerprint density at radius 3 is 2.89 bits per heavy atom. The number of methoxy groups -OCH3 is 1. The van der Waals surface area contributed by atoms with E-state index in [1.807, 2.05) is 4.90 Å². The molecule has 1 heterocycles. The number of carbonyl (C=O) groups excluding carboxylic acids is 1. The molecule has 0 aromatic rings. The summed E-state index contributed by atoms with van der Waals surface area (Å²) >= 11 is 0. The predicted molar refractivity (Wildman–Crippen MR) is 70.3 cm³/mol. The molecular formula is C13H26N2O3. The Morgan fingerprint density at radius 2 is 2.22 bits per heavy atom. The number of hydrogen-bond donors (Lipinski definition) is 1. The Balaban J connectivity index is 2.38. The molecule has 5 nitrogen and oxygen atoms in total. The zero-order valence-corrected chi connectivity index (χ0v) is 11.6. The van der Waals surface area contributed by atoms with E-state index in [0.29, 0.717) is 6.10 Å². The molecule has 1 aliphatic heterocycles. The summed E-state index contributed by atoms with van der Waals surface area (Å²) in [6.45, 7) is 4.72. The standard InChI is InChI=1S/C13H26N2O3/c1-3-9-18-11-5-4-7-15(8-6-11)13(16)12(14)10-17-2/h11-12H,3-10,14H2,1-2H3. The van der Waals surface area contributed by atoms with E-state index >= 15 is 0 Å². The lowest BCUT2D eigenvalue weighted by atomic mass is 10.2. The van der Waals surface area contributed by atoms with Crippen LogP contribution in [0.15, 0.2) is 0 Å². The Morgan fingerprint density at radius 1 is 1.44 bits per heavy atom. The van der Waals surface area contributed by atoms with Crippen LogP contribution in [-0.4, -0.2) is 56.4 Å². The van der Waals surface area contributed by atoms with Gasteiger partial charge in [-0.25, -0.2) is 0 Å². The fourth-order valence-corrected chi connectivity index (χ4v) is 2.22. The van der Waals surface area contributed by atoms with Gasteiger partial charge in [-0.15, -0.1) is 0 Å². The van der Waals surface area contributed by atoms with Crippen molar-refractivity contribution in [1.29, 1.82) is 0 Å². The second-order valence-corrected chi connectivity index (χ2v) is 4.81. The number of ether oxygens (including phenoxy) is 2. The van der Waals surface area contributed by atoms with Crippen molar-refractivity contribution in [3.8, 4) is 0 Å². The summed E-state index contributed by atoms with van der Waals surface area (Å²) in [7, 11) is 1.56. The Labute approximate surface area is 110 Å². The minimum Gasteiger partial charge on any atom is -0.383 e. The van der Waals surface area contributed by atoms with E-state index in [2.05, 4.69) is 6.92 Å². The van der Waals surface area contributed by atoms with Crippen LogP contribution in [0.2, 0.25) is 0 Å². The zero-order valence-electron chi connectivity index (χ0n) is 11.6. The largest absolute Gasteiger partial charge is 0.383 e. The molecule has 106 valence electrons. The molecule has 1 aliphatic rings. The minimum atomic E-state index is -0.539. The monoisotopic (exact) mass is 258 g/mol. The Hall–Kier alpha value is -0.650. The molecule has 2 unspecified atom stereocenters. The van der Waals surface area contributed by atoms with Gasteiger partial charge in [0.15, 0.2) is 0 Å². The average Bonchev–Trinajstić information content (AvgIpc) is 2.61. The summed E-state index contributed by atoms with van der Waals surface area (Å²) in [5.74, 6) is -0.00649. The summed E-state index contributed by atoms with van der Waals surface area (Å²) in [6.07, 6.45) is 4.26. The molecule has 1 fully saturated rings. The topological polar surface area (TPSA) is 64.8 Å². The number of amides is 1. The van der Waals surface area contributed by atoms with Gasteiger partial charge in [-0.3, -0.25) is 4.79 Å². The van der Waals surface area contributed by atoms with Gasteiger partial charge in [0.05, 0.1) is 12.7 Å². The highest BCUT2D eigenvalue weighted by atomic mass is 16.5. The van der Waals surface area contributed by atoms with Crippen LogP contribution >= 0.6 is 0 Å². The SMILES string of the molecule is CCCOC1CCCN(C(=O)C(N)COC)CC1. The third kappa shape index (κ3) is 4.92. The molecular weight excluding hydrogens is 232 g/mol. The second-order valence-electron chi connectivity index (χ2n) is 4.81. The molecule has 5 heteroatoms. The minimum absolute atomic E-state index is 0.00649. The molecule has 2 N–H and O–H groups in total. The van der Waals surface area contributed by atoms with Gasteiger partial charge in [-0.2, -0.15) is 0 Å². The first-order valence-corrected chi connectivity index (χ1v) is 6.84.